The van der Waals surface area contributed by atoms with Crippen LogP contribution in [0.3, 0.4) is 0 Å². The van der Waals surface area contributed by atoms with Crippen LogP contribution in [0.1, 0.15) is 19.8 Å². The molecule has 0 aromatic rings. The third-order valence-electron chi connectivity index (χ3n) is 1.54. The number of carbonyl (C=O) groups excluding carboxylic acids is 1. The van der Waals surface area contributed by atoms with Crippen molar-refractivity contribution in [3.8, 4) is 0 Å². The van der Waals surface area contributed by atoms with Gasteiger partial charge in [0.2, 0.25) is 6.54 Å². The van der Waals surface area contributed by atoms with Crippen LogP contribution >= 0.6 is 0 Å². The molecule has 1 atom stereocenters. The second-order valence-electron chi connectivity index (χ2n) is 2.73. The predicted molar refractivity (Wildman–Crippen MR) is 43.3 cm³/mol. The Kier molecular flexibility index (Phi) is 5.12. The van der Waals surface area contributed by atoms with Gasteiger partial charge in [0.1, 0.15) is 0 Å². The van der Waals surface area contributed by atoms with Crippen LogP contribution in [0.4, 0.5) is 0 Å². The van der Waals surface area contributed by atoms with E-state index in [1.165, 1.54) is 6.92 Å². The van der Waals surface area contributed by atoms with Crippen molar-refractivity contribution in [3.05, 3.63) is 20.2 Å². The molecule has 0 aromatic heterocycles. The molecule has 0 aliphatic carbocycles. The third kappa shape index (κ3) is 5.86. The van der Waals surface area contributed by atoms with Crippen LogP contribution in [-0.4, -0.2) is 22.5 Å². The lowest BCUT2D eigenvalue weighted by atomic mass is 10.1. The summed E-state index contributed by atoms with van der Waals surface area (Å²) < 4.78 is 0. The number of nitro groups is 1. The van der Waals surface area contributed by atoms with Crippen molar-refractivity contribution >= 4 is 5.97 Å². The van der Waals surface area contributed by atoms with Crippen molar-refractivity contribution in [2.75, 3.05) is 6.54 Å². The number of carbonyl (C=O) groups is 1. The Hall–Kier alpha value is -1.73. The molecule has 0 aliphatic rings. The van der Waals surface area contributed by atoms with Crippen molar-refractivity contribution < 1.29 is 19.6 Å². The second kappa shape index (κ2) is 5.84. The van der Waals surface area contributed by atoms with E-state index in [0.29, 0.717) is 0 Å². The number of hydrogen-bond acceptors (Lipinski definition) is 6. The fourth-order valence-corrected chi connectivity index (χ4v) is 0.808. The molecule has 0 aliphatic heterocycles. The maximum Gasteiger partial charge on any atom is 0.306 e. The molecule has 8 heteroatoms. The summed E-state index contributed by atoms with van der Waals surface area (Å²) in [6.45, 7) is 1.17. The molecule has 8 nitrogen and oxygen atoms in total. The summed E-state index contributed by atoms with van der Waals surface area (Å²) in [6, 6.07) is 0. The molecule has 0 saturated carbocycles. The normalized spacial score (nSPS) is 11.8. The van der Waals surface area contributed by atoms with E-state index in [2.05, 4.69) is 4.84 Å². The topological polar surface area (TPSA) is 113 Å². The van der Waals surface area contributed by atoms with Crippen LogP contribution in [0.5, 0.6) is 0 Å². The van der Waals surface area contributed by atoms with E-state index >= 15 is 0 Å². The van der Waals surface area contributed by atoms with Crippen LogP contribution < -0.4 is 0 Å². The van der Waals surface area contributed by atoms with Crippen LogP contribution in [0.15, 0.2) is 0 Å². The summed E-state index contributed by atoms with van der Waals surface area (Å²) in [7, 11) is 0. The lowest BCUT2D eigenvalue weighted by Crippen LogP contribution is -2.19. The second-order valence-corrected chi connectivity index (χ2v) is 2.73. The molecular weight excluding hydrogens is 196 g/mol. The molecule has 0 bridgehead atoms. The van der Waals surface area contributed by atoms with Gasteiger partial charge >= 0.3 is 11.1 Å². The molecule has 80 valence electrons. The number of rotatable bonds is 6. The fourth-order valence-electron chi connectivity index (χ4n) is 0.808. The van der Waals surface area contributed by atoms with Gasteiger partial charge in [0.15, 0.2) is 0 Å². The molecule has 0 fully saturated rings. The van der Waals surface area contributed by atoms with Crippen molar-refractivity contribution in [2.24, 2.45) is 5.92 Å². The lowest BCUT2D eigenvalue weighted by molar-refractivity contribution is -0.730. The standard InChI is InChI=1S/C6H10N2O6/c1-5(3-2-4-7(10)11)6(9)14-8(12)13/h5H,2-4H2,1H3. The first-order valence-electron chi connectivity index (χ1n) is 3.91. The van der Waals surface area contributed by atoms with Gasteiger partial charge < -0.3 is 0 Å². The first kappa shape index (κ1) is 12.3. The summed E-state index contributed by atoms with van der Waals surface area (Å²) in [5.74, 6) is -1.67. The third-order valence-corrected chi connectivity index (χ3v) is 1.54. The van der Waals surface area contributed by atoms with E-state index in [-0.39, 0.29) is 19.4 Å². The average Bonchev–Trinajstić information content (AvgIpc) is 2.01. The summed E-state index contributed by atoms with van der Waals surface area (Å²) in [6.07, 6.45) is 0.397. The van der Waals surface area contributed by atoms with Crippen molar-refractivity contribution in [1.29, 1.82) is 0 Å². The van der Waals surface area contributed by atoms with Crippen LogP contribution in [0, 0.1) is 26.1 Å². The quantitative estimate of drug-likeness (QED) is 0.459. The molecule has 0 N–H and O–H groups in total. The van der Waals surface area contributed by atoms with Gasteiger partial charge in [-0.25, -0.2) is 4.84 Å². The van der Waals surface area contributed by atoms with E-state index in [9.17, 15) is 25.0 Å². The highest BCUT2D eigenvalue weighted by Gasteiger charge is 2.17. The number of nitrogens with zero attached hydrogens (tertiary/aromatic N) is 2. The minimum Gasteiger partial charge on any atom is -0.268 e. The Balaban J connectivity index is 3.72. The van der Waals surface area contributed by atoms with Crippen LogP contribution in [0.25, 0.3) is 0 Å². The molecular formula is C6H10N2O6. The molecule has 0 heterocycles. The fraction of sp³-hybridized carbons (Fsp3) is 0.833. The minimum atomic E-state index is -1.19. The highest BCUT2D eigenvalue weighted by molar-refractivity contribution is 5.71. The summed E-state index contributed by atoms with van der Waals surface area (Å²) >= 11 is 0. The summed E-state index contributed by atoms with van der Waals surface area (Å²) in [5.41, 5.74) is 0. The van der Waals surface area contributed by atoms with E-state index in [4.69, 9.17) is 0 Å². The van der Waals surface area contributed by atoms with Crippen LogP contribution in [-0.2, 0) is 9.63 Å². The van der Waals surface area contributed by atoms with E-state index < -0.39 is 21.9 Å². The largest absolute Gasteiger partial charge is 0.306 e. The lowest BCUT2D eigenvalue weighted by Gasteiger charge is -2.05. The first-order valence-corrected chi connectivity index (χ1v) is 3.91. The van der Waals surface area contributed by atoms with Crippen molar-refractivity contribution in [2.45, 2.75) is 19.8 Å². The van der Waals surface area contributed by atoms with E-state index in [1.807, 2.05) is 0 Å². The zero-order valence-electron chi connectivity index (χ0n) is 7.54. The van der Waals surface area contributed by atoms with Crippen molar-refractivity contribution in [1.82, 2.24) is 0 Å². The smallest absolute Gasteiger partial charge is 0.268 e. The van der Waals surface area contributed by atoms with Gasteiger partial charge in [0.05, 0.1) is 0 Å². The molecule has 0 spiro atoms. The highest BCUT2D eigenvalue weighted by Crippen LogP contribution is 2.07. The zero-order chi connectivity index (χ0) is 11.1. The predicted octanol–water partition coefficient (Wildman–Crippen LogP) is 0.414. The van der Waals surface area contributed by atoms with Gasteiger partial charge in [-0.15, -0.1) is 10.1 Å². The van der Waals surface area contributed by atoms with Gasteiger partial charge in [0, 0.05) is 17.3 Å². The molecule has 1 unspecified atom stereocenters. The summed E-state index contributed by atoms with van der Waals surface area (Å²) in [4.78, 5) is 33.6. The highest BCUT2D eigenvalue weighted by atomic mass is 17.0. The Labute approximate surface area is 79.1 Å². The van der Waals surface area contributed by atoms with Gasteiger partial charge in [-0.1, -0.05) is 6.92 Å². The number of hydrogen-bond donors (Lipinski definition) is 0. The average molecular weight is 206 g/mol. The SMILES string of the molecule is CC(CCC[N+](=O)[O-])C(=O)O[N+](=O)[O-]. The van der Waals surface area contributed by atoms with E-state index in [1.54, 1.807) is 0 Å². The van der Waals surface area contributed by atoms with Gasteiger partial charge in [-0.3, -0.25) is 14.9 Å². The van der Waals surface area contributed by atoms with E-state index in [0.717, 1.165) is 0 Å². The Bertz CT molecular complexity index is 240. The molecule has 0 aromatic carbocycles. The monoisotopic (exact) mass is 206 g/mol. The molecule has 14 heavy (non-hydrogen) atoms. The maximum absolute atomic E-state index is 10.8. The van der Waals surface area contributed by atoms with Gasteiger partial charge in [-0.2, -0.15) is 0 Å². The molecule has 0 radical (unpaired) electrons. The summed E-state index contributed by atoms with van der Waals surface area (Å²) in [5, 5.41) is 18.5. The Morgan fingerprint density at radius 3 is 2.43 bits per heavy atom. The maximum atomic E-state index is 10.8. The first-order chi connectivity index (χ1) is 6.43. The van der Waals surface area contributed by atoms with Crippen molar-refractivity contribution in [3.63, 3.8) is 0 Å². The Morgan fingerprint density at radius 1 is 1.43 bits per heavy atom. The van der Waals surface area contributed by atoms with Gasteiger partial charge in [0.25, 0.3) is 0 Å². The zero-order valence-corrected chi connectivity index (χ0v) is 7.54. The molecule has 0 saturated heterocycles. The molecule has 0 amide bonds. The minimum absolute atomic E-state index is 0.195. The Morgan fingerprint density at radius 2 is 2.00 bits per heavy atom. The van der Waals surface area contributed by atoms with Crippen LogP contribution in [0.2, 0.25) is 0 Å². The van der Waals surface area contributed by atoms with Gasteiger partial charge in [-0.05, 0) is 6.42 Å². The molecule has 0 rings (SSSR count).